The summed E-state index contributed by atoms with van der Waals surface area (Å²) in [4.78, 5) is 23.3. The van der Waals surface area contributed by atoms with Crippen LogP contribution in [0.5, 0.6) is 5.75 Å². The van der Waals surface area contributed by atoms with Gasteiger partial charge in [-0.05, 0) is 61.6 Å². The van der Waals surface area contributed by atoms with Gasteiger partial charge in [-0.25, -0.2) is 25.0 Å². The average Bonchev–Trinajstić information content (AvgIpc) is 3.35. The molecular weight excluding hydrogens is 534 g/mol. The molecule has 0 saturated carbocycles. The molecule has 3 N–H and O–H groups in total. The van der Waals surface area contributed by atoms with E-state index < -0.39 is 6.23 Å². The van der Waals surface area contributed by atoms with Crippen molar-refractivity contribution in [2.45, 2.75) is 6.23 Å². The molecule has 1 fully saturated rings. The zero-order valence-electron chi connectivity index (χ0n) is 23.1. The SMILES string of the molecule is CN1CCN(c2ccc(Nc3ncc4c(n3)N=C3c5cc(OCCO)ccc5N(c5ccccn5)N3C4O)cc2)CC1. The molecule has 42 heavy (non-hydrogen) atoms. The highest BCUT2D eigenvalue weighted by atomic mass is 16.5. The molecule has 0 radical (unpaired) electrons. The Hall–Kier alpha value is -4.78. The predicted molar refractivity (Wildman–Crippen MR) is 160 cm³/mol. The third-order valence-corrected chi connectivity index (χ3v) is 7.61. The maximum Gasteiger partial charge on any atom is 0.229 e. The molecule has 1 saturated heterocycles. The van der Waals surface area contributed by atoms with Gasteiger partial charge in [0, 0.05) is 55.5 Å². The second-order valence-electron chi connectivity index (χ2n) is 10.3. The van der Waals surface area contributed by atoms with E-state index in [1.54, 1.807) is 17.4 Å². The van der Waals surface area contributed by atoms with Crippen molar-refractivity contribution in [3.8, 4) is 5.75 Å². The Kier molecular flexibility index (Phi) is 6.78. The maximum atomic E-state index is 11.6. The minimum absolute atomic E-state index is 0.0957. The lowest BCUT2D eigenvalue weighted by Gasteiger charge is -2.36. The highest BCUT2D eigenvalue weighted by Gasteiger charge is 2.43. The Bertz CT molecular complexity index is 1610. The Morgan fingerprint density at radius 3 is 2.60 bits per heavy atom. The van der Waals surface area contributed by atoms with Gasteiger partial charge in [-0.2, -0.15) is 4.98 Å². The molecule has 0 bridgehead atoms. The van der Waals surface area contributed by atoms with Crippen LogP contribution in [0, 0.1) is 0 Å². The first-order valence-corrected chi connectivity index (χ1v) is 13.9. The van der Waals surface area contributed by atoms with Crippen LogP contribution in [-0.4, -0.2) is 87.3 Å². The van der Waals surface area contributed by atoms with E-state index in [0.717, 1.165) is 43.1 Å². The molecule has 0 spiro atoms. The number of hydrogen-bond donors (Lipinski definition) is 3. The van der Waals surface area contributed by atoms with E-state index in [1.165, 1.54) is 5.69 Å². The van der Waals surface area contributed by atoms with Crippen LogP contribution >= 0.6 is 0 Å². The molecule has 12 nitrogen and oxygen atoms in total. The van der Waals surface area contributed by atoms with Crippen LogP contribution in [-0.2, 0) is 0 Å². The normalized spacial score (nSPS) is 17.8. The Morgan fingerprint density at radius 2 is 1.83 bits per heavy atom. The molecule has 3 aliphatic rings. The smallest absolute Gasteiger partial charge is 0.229 e. The fourth-order valence-corrected chi connectivity index (χ4v) is 5.41. The van der Waals surface area contributed by atoms with E-state index in [-0.39, 0.29) is 13.2 Å². The minimum atomic E-state index is -1.11. The lowest BCUT2D eigenvalue weighted by molar-refractivity contribution is 0.0528. The highest BCUT2D eigenvalue weighted by Crippen LogP contribution is 2.46. The van der Waals surface area contributed by atoms with Gasteiger partial charge in [-0.1, -0.05) is 6.07 Å². The van der Waals surface area contributed by atoms with Crippen molar-refractivity contribution in [3.05, 3.63) is 84.2 Å². The number of aromatic nitrogens is 3. The predicted octanol–water partition coefficient (Wildman–Crippen LogP) is 3.19. The summed E-state index contributed by atoms with van der Waals surface area (Å²) in [6.45, 7) is 4.19. The number of piperazine rings is 1. The van der Waals surface area contributed by atoms with Crippen molar-refractivity contribution in [2.24, 2.45) is 4.99 Å². The summed E-state index contributed by atoms with van der Waals surface area (Å²) in [5.74, 6) is 2.46. The van der Waals surface area contributed by atoms with Gasteiger partial charge in [-0.3, -0.25) is 0 Å². The quantitative estimate of drug-likeness (QED) is 0.306. The number of hydrogen-bond acceptors (Lipinski definition) is 12. The molecular formula is C30H31N9O3. The van der Waals surface area contributed by atoms with E-state index in [4.69, 9.17) is 9.73 Å². The fourth-order valence-electron chi connectivity index (χ4n) is 5.41. The lowest BCUT2D eigenvalue weighted by Crippen LogP contribution is -2.44. The number of ether oxygens (including phenoxy) is 1. The van der Waals surface area contributed by atoms with Gasteiger partial charge in [-0.15, -0.1) is 0 Å². The Morgan fingerprint density at radius 1 is 1.00 bits per heavy atom. The number of anilines is 5. The van der Waals surface area contributed by atoms with E-state index in [2.05, 4.69) is 49.2 Å². The molecule has 1 atom stereocenters. The summed E-state index contributed by atoms with van der Waals surface area (Å²) >= 11 is 0. The molecule has 7 rings (SSSR count). The van der Waals surface area contributed by atoms with Crippen molar-refractivity contribution in [1.82, 2.24) is 24.9 Å². The van der Waals surface area contributed by atoms with Gasteiger partial charge in [0.15, 0.2) is 23.7 Å². The fraction of sp³-hybridized carbons (Fsp3) is 0.267. The summed E-state index contributed by atoms with van der Waals surface area (Å²) in [5, 5.41) is 27.6. The first kappa shape index (κ1) is 26.1. The number of benzene rings is 2. The van der Waals surface area contributed by atoms with E-state index in [9.17, 15) is 10.2 Å². The van der Waals surface area contributed by atoms with E-state index >= 15 is 0 Å². The van der Waals surface area contributed by atoms with Gasteiger partial charge >= 0.3 is 0 Å². The number of amidine groups is 1. The maximum absolute atomic E-state index is 11.6. The molecule has 5 heterocycles. The monoisotopic (exact) mass is 565 g/mol. The first-order valence-electron chi connectivity index (χ1n) is 13.9. The molecule has 1 unspecified atom stereocenters. The largest absolute Gasteiger partial charge is 0.491 e. The van der Waals surface area contributed by atoms with Crippen molar-refractivity contribution in [3.63, 3.8) is 0 Å². The number of aliphatic hydroxyl groups is 2. The average molecular weight is 566 g/mol. The molecule has 0 amide bonds. The molecule has 2 aromatic heterocycles. The zero-order valence-corrected chi connectivity index (χ0v) is 23.1. The van der Waals surface area contributed by atoms with Crippen LogP contribution in [0.2, 0.25) is 0 Å². The standard InChI is InChI=1S/C30H31N9O3/c1-36-12-14-37(15-13-36)21-7-5-20(6-8-21)33-30-32-19-24-27(35-30)34-28-23-18-22(42-17-16-40)9-10-25(23)38(39(28)29(24)41)26-4-2-3-11-31-26/h2-11,18-19,29,40-41H,12-17H2,1H3,(H,32,33,35). The van der Waals surface area contributed by atoms with Crippen LogP contribution in [0.15, 0.2) is 78.0 Å². The summed E-state index contributed by atoms with van der Waals surface area (Å²) in [5.41, 5.74) is 4.04. The van der Waals surface area contributed by atoms with E-state index in [0.29, 0.717) is 34.7 Å². The van der Waals surface area contributed by atoms with Gasteiger partial charge in [0.05, 0.1) is 17.9 Å². The van der Waals surface area contributed by atoms with Crippen LogP contribution in [0.1, 0.15) is 17.4 Å². The number of nitrogens with one attached hydrogen (secondary N) is 1. The number of hydrazine groups is 1. The Labute approximate surface area is 243 Å². The summed E-state index contributed by atoms with van der Waals surface area (Å²) in [6, 6.07) is 19.4. The topological polar surface area (TPSA) is 126 Å². The minimum Gasteiger partial charge on any atom is -0.491 e. The number of rotatable bonds is 7. The lowest BCUT2D eigenvalue weighted by atomic mass is 10.1. The third-order valence-electron chi connectivity index (χ3n) is 7.61. The number of aliphatic hydroxyl groups excluding tert-OH is 2. The number of nitrogens with zero attached hydrogens (tertiary/aromatic N) is 8. The number of fused-ring (bicyclic) bond motifs is 4. The van der Waals surface area contributed by atoms with Crippen molar-refractivity contribution >= 4 is 40.5 Å². The molecule has 0 aliphatic carbocycles. The summed E-state index contributed by atoms with van der Waals surface area (Å²) in [7, 11) is 2.15. The van der Waals surface area contributed by atoms with Crippen LogP contribution in [0.4, 0.5) is 34.6 Å². The number of aliphatic imine (C=N–C) groups is 1. The van der Waals surface area contributed by atoms with Crippen molar-refractivity contribution < 1.29 is 14.9 Å². The molecule has 214 valence electrons. The third kappa shape index (κ3) is 4.75. The number of pyridine rings is 1. The van der Waals surface area contributed by atoms with Crippen LogP contribution in [0.3, 0.4) is 0 Å². The number of likely N-dealkylation sites (N-methyl/N-ethyl adjacent to an activating group) is 1. The second-order valence-corrected chi connectivity index (χ2v) is 10.3. The van der Waals surface area contributed by atoms with Crippen molar-refractivity contribution in [1.29, 1.82) is 0 Å². The van der Waals surface area contributed by atoms with Gasteiger partial charge in [0.1, 0.15) is 12.4 Å². The molecule has 2 aromatic carbocycles. The zero-order chi connectivity index (χ0) is 28.6. The van der Waals surface area contributed by atoms with Crippen LogP contribution < -0.4 is 20.0 Å². The van der Waals surface area contributed by atoms with E-state index in [1.807, 2.05) is 53.5 Å². The van der Waals surface area contributed by atoms with Gasteiger partial charge < -0.3 is 30.1 Å². The second kappa shape index (κ2) is 10.9. The van der Waals surface area contributed by atoms with Crippen molar-refractivity contribution in [2.75, 3.05) is 61.7 Å². The first-order chi connectivity index (χ1) is 20.6. The Balaban J connectivity index is 1.20. The highest BCUT2D eigenvalue weighted by molar-refractivity contribution is 6.11. The molecule has 12 heteroatoms. The molecule has 3 aliphatic heterocycles. The van der Waals surface area contributed by atoms with Crippen LogP contribution in [0.25, 0.3) is 0 Å². The summed E-state index contributed by atoms with van der Waals surface area (Å²) in [6.07, 6.45) is 2.19. The summed E-state index contributed by atoms with van der Waals surface area (Å²) < 4.78 is 5.67. The van der Waals surface area contributed by atoms with Gasteiger partial charge in [0.25, 0.3) is 0 Å². The van der Waals surface area contributed by atoms with Gasteiger partial charge in [0.2, 0.25) is 5.95 Å². The molecule has 4 aromatic rings.